The van der Waals surface area contributed by atoms with Crippen LogP contribution in [0.3, 0.4) is 0 Å². The summed E-state index contributed by atoms with van der Waals surface area (Å²) in [4.78, 5) is 0. The van der Waals surface area contributed by atoms with Gasteiger partial charge >= 0.3 is 0 Å². The second-order valence-corrected chi connectivity index (χ2v) is 1.43. The van der Waals surface area contributed by atoms with Gasteiger partial charge in [-0.3, -0.25) is 0 Å². The summed E-state index contributed by atoms with van der Waals surface area (Å²) in [5.74, 6) is 0. The smallest absolute Gasteiger partial charge is 0.0940 e. The molecular weight excluding hydrogens is 108 g/mol. The zero-order valence-corrected chi connectivity index (χ0v) is 4.96. The van der Waals surface area contributed by atoms with Gasteiger partial charge in [-0.2, -0.15) is 0 Å². The zero-order valence-electron chi connectivity index (χ0n) is 4.96. The van der Waals surface area contributed by atoms with Crippen LogP contribution in [0.2, 0.25) is 0 Å². The Balaban J connectivity index is 2.72. The lowest BCUT2D eigenvalue weighted by Crippen LogP contribution is -2.18. The molecule has 4 nitrogen and oxygen atoms in total. The summed E-state index contributed by atoms with van der Waals surface area (Å²) >= 11 is 0. The van der Waals surface area contributed by atoms with Gasteiger partial charge < -0.3 is 20.7 Å². The summed E-state index contributed by atoms with van der Waals surface area (Å²) in [6.45, 7) is 0.988. The van der Waals surface area contributed by atoms with Crippen molar-refractivity contribution in [1.29, 1.82) is 0 Å². The average molecular weight is 119 g/mol. The van der Waals surface area contributed by atoms with Crippen LogP contribution in [-0.4, -0.2) is 32.0 Å². The normalized spacial score (nSPS) is 10.5. The van der Waals surface area contributed by atoms with E-state index in [1.807, 2.05) is 0 Å². The largest absolute Gasteiger partial charge is 0.785 e. The number of hydrogen-bond donors (Lipinski definition) is 1. The summed E-state index contributed by atoms with van der Waals surface area (Å²) in [6, 6.07) is 0. The van der Waals surface area contributed by atoms with Crippen LogP contribution in [0.25, 0.3) is 0 Å². The van der Waals surface area contributed by atoms with Gasteiger partial charge in [-0.15, -0.1) is 0 Å². The van der Waals surface area contributed by atoms with Gasteiger partial charge in [-0.1, -0.05) is 0 Å². The maximum atomic E-state index is 10.1. The highest BCUT2D eigenvalue weighted by Gasteiger charge is 1.81. The number of hydrogen-bond acceptors (Lipinski definition) is 4. The molecule has 4 heteroatoms. The Morgan fingerprint density at radius 2 is 2.38 bits per heavy atom. The van der Waals surface area contributed by atoms with Gasteiger partial charge in [0.05, 0.1) is 13.3 Å². The van der Waals surface area contributed by atoms with Crippen molar-refractivity contribution >= 4 is 0 Å². The van der Waals surface area contributed by atoms with E-state index in [1.54, 1.807) is 0 Å². The number of likely N-dealkylation sites (N-methyl/N-ethyl adjacent to an activating group) is 1. The maximum absolute atomic E-state index is 10.1. The topological polar surface area (TPSA) is 61.5 Å². The van der Waals surface area contributed by atoms with Crippen molar-refractivity contribution in [1.82, 2.24) is 5.06 Å². The van der Waals surface area contributed by atoms with E-state index in [0.717, 1.165) is 5.06 Å². The first-order valence-corrected chi connectivity index (χ1v) is 2.43. The van der Waals surface area contributed by atoms with Gasteiger partial charge in [0.1, 0.15) is 0 Å². The van der Waals surface area contributed by atoms with Crippen molar-refractivity contribution in [3.05, 3.63) is 5.21 Å². The van der Waals surface area contributed by atoms with Crippen molar-refractivity contribution in [3.63, 3.8) is 0 Å². The third-order valence-electron chi connectivity index (χ3n) is 0.668. The molecule has 0 amide bonds. The first-order valence-electron chi connectivity index (χ1n) is 2.43. The first-order chi connectivity index (χ1) is 3.77. The third kappa shape index (κ3) is 5.84. The highest BCUT2D eigenvalue weighted by Crippen LogP contribution is 1.75. The molecule has 0 atom stereocenters. The molecule has 0 aliphatic heterocycles. The molecule has 0 fully saturated rings. The molecule has 0 aliphatic rings. The fraction of sp³-hybridized carbons (Fsp3) is 1.00. The van der Waals surface area contributed by atoms with Gasteiger partial charge in [0, 0.05) is 6.54 Å². The van der Waals surface area contributed by atoms with E-state index < -0.39 is 0 Å². The van der Waals surface area contributed by atoms with Crippen molar-refractivity contribution in [2.45, 2.75) is 0 Å². The minimum atomic E-state index is 0.188. The lowest BCUT2D eigenvalue weighted by atomic mass is 10.7. The fourth-order valence-corrected chi connectivity index (χ4v) is 0.276. The molecule has 0 saturated heterocycles. The Morgan fingerprint density at radius 1 is 1.75 bits per heavy atom. The Morgan fingerprint density at radius 3 is 2.75 bits per heavy atom. The molecule has 50 valence electrons. The molecular formula is C4H11N2O2-. The van der Waals surface area contributed by atoms with Crippen LogP contribution < -0.4 is 5.73 Å². The van der Waals surface area contributed by atoms with E-state index in [-0.39, 0.29) is 6.73 Å². The van der Waals surface area contributed by atoms with Crippen molar-refractivity contribution in [2.75, 3.05) is 26.9 Å². The second kappa shape index (κ2) is 4.99. The highest BCUT2D eigenvalue weighted by atomic mass is 16.5. The van der Waals surface area contributed by atoms with Crippen LogP contribution in [0.5, 0.6) is 0 Å². The lowest BCUT2D eigenvalue weighted by Gasteiger charge is -2.20. The maximum Gasteiger partial charge on any atom is 0.0940 e. The SMILES string of the molecule is CN([O-])CCOCN. The standard InChI is InChI=1S/C4H11N2O2/c1-6(7)2-3-8-4-5/h2-5H2,1H3/q-1. The minimum absolute atomic E-state index is 0.188. The second-order valence-electron chi connectivity index (χ2n) is 1.43. The monoisotopic (exact) mass is 119 g/mol. The number of nitrogens with zero attached hydrogens (tertiary/aromatic N) is 1. The molecule has 2 N–H and O–H groups in total. The van der Waals surface area contributed by atoms with Gasteiger partial charge in [-0.25, -0.2) is 0 Å². The highest BCUT2D eigenvalue weighted by molar-refractivity contribution is 4.45. The average Bonchev–Trinajstić information content (AvgIpc) is 1.66. The molecule has 0 heterocycles. The molecule has 0 aromatic rings. The van der Waals surface area contributed by atoms with Crippen LogP contribution in [0.15, 0.2) is 0 Å². The van der Waals surface area contributed by atoms with E-state index in [2.05, 4.69) is 4.74 Å². The number of rotatable bonds is 4. The summed E-state index contributed by atoms with van der Waals surface area (Å²) < 4.78 is 4.68. The number of ether oxygens (including phenoxy) is 1. The van der Waals surface area contributed by atoms with Gasteiger partial charge in [0.25, 0.3) is 0 Å². The van der Waals surface area contributed by atoms with Crippen LogP contribution in [0, 0.1) is 5.21 Å². The Bertz CT molecular complexity index is 49.3. The van der Waals surface area contributed by atoms with E-state index >= 15 is 0 Å². The van der Waals surface area contributed by atoms with Crippen LogP contribution in [-0.2, 0) is 4.74 Å². The minimum Gasteiger partial charge on any atom is -0.785 e. The predicted molar refractivity (Wildman–Crippen MR) is 31.0 cm³/mol. The molecule has 8 heavy (non-hydrogen) atoms. The van der Waals surface area contributed by atoms with Crippen molar-refractivity contribution in [3.8, 4) is 0 Å². The molecule has 0 aromatic carbocycles. The summed E-state index contributed by atoms with van der Waals surface area (Å²) in [5.41, 5.74) is 4.97. The molecule has 0 unspecified atom stereocenters. The summed E-state index contributed by atoms with van der Waals surface area (Å²) in [5, 5.41) is 10.9. The number of nitrogens with two attached hydrogens (primary N) is 1. The molecule has 0 aliphatic carbocycles. The molecule has 0 aromatic heterocycles. The molecule has 0 radical (unpaired) electrons. The van der Waals surface area contributed by atoms with Gasteiger partial charge in [0.2, 0.25) is 0 Å². The molecule has 0 rings (SSSR count). The van der Waals surface area contributed by atoms with Gasteiger partial charge in [-0.05, 0) is 7.05 Å². The summed E-state index contributed by atoms with van der Waals surface area (Å²) in [6.07, 6.45) is 0. The van der Waals surface area contributed by atoms with Gasteiger partial charge in [0.15, 0.2) is 0 Å². The van der Waals surface area contributed by atoms with E-state index in [0.29, 0.717) is 13.2 Å². The summed E-state index contributed by atoms with van der Waals surface area (Å²) in [7, 11) is 1.44. The zero-order chi connectivity index (χ0) is 6.41. The lowest BCUT2D eigenvalue weighted by molar-refractivity contribution is 0.127. The van der Waals surface area contributed by atoms with E-state index in [9.17, 15) is 5.21 Å². The Kier molecular flexibility index (Phi) is 4.89. The number of hydroxylamine groups is 2. The quantitative estimate of drug-likeness (QED) is 0.303. The molecule has 0 saturated carbocycles. The first kappa shape index (κ1) is 7.84. The Hall–Kier alpha value is -0.160. The third-order valence-corrected chi connectivity index (χ3v) is 0.668. The van der Waals surface area contributed by atoms with Crippen LogP contribution in [0.4, 0.5) is 0 Å². The van der Waals surface area contributed by atoms with Crippen LogP contribution in [0.1, 0.15) is 0 Å². The van der Waals surface area contributed by atoms with Crippen molar-refractivity contribution < 1.29 is 4.74 Å². The van der Waals surface area contributed by atoms with Crippen LogP contribution >= 0.6 is 0 Å². The fourth-order valence-electron chi connectivity index (χ4n) is 0.276. The van der Waals surface area contributed by atoms with E-state index in [1.165, 1.54) is 7.05 Å². The Labute approximate surface area is 48.8 Å². The predicted octanol–water partition coefficient (Wildman–Crippen LogP) is -0.651. The van der Waals surface area contributed by atoms with Crippen molar-refractivity contribution in [2.24, 2.45) is 5.73 Å². The molecule has 0 bridgehead atoms. The molecule has 0 spiro atoms. The van der Waals surface area contributed by atoms with E-state index in [4.69, 9.17) is 5.73 Å².